The number of amides is 1. The molecule has 27 heavy (non-hydrogen) atoms. The maximum Gasteiger partial charge on any atom is 0.337 e. The van der Waals surface area contributed by atoms with E-state index in [-0.39, 0.29) is 5.69 Å². The number of hydrogen-bond donors (Lipinski definition) is 1. The molecule has 2 aromatic carbocycles. The Morgan fingerprint density at radius 2 is 1.67 bits per heavy atom. The Bertz CT molecular complexity index is 962. The summed E-state index contributed by atoms with van der Waals surface area (Å²) >= 11 is 0. The summed E-state index contributed by atoms with van der Waals surface area (Å²) < 4.78 is 11.4. The molecular formula is C19H18N4O4. The highest BCUT2D eigenvalue weighted by molar-refractivity contribution is 6.03. The van der Waals surface area contributed by atoms with Crippen molar-refractivity contribution in [2.45, 2.75) is 6.92 Å². The number of esters is 1. The summed E-state index contributed by atoms with van der Waals surface area (Å²) in [4.78, 5) is 24.0. The molecule has 0 saturated carbocycles. The summed E-state index contributed by atoms with van der Waals surface area (Å²) in [5, 5.41) is 10.8. The molecule has 0 aliphatic rings. The van der Waals surface area contributed by atoms with Gasteiger partial charge in [-0.2, -0.15) is 0 Å². The van der Waals surface area contributed by atoms with Gasteiger partial charge in [0.05, 0.1) is 31.2 Å². The molecule has 0 spiro atoms. The minimum atomic E-state index is -0.439. The summed E-state index contributed by atoms with van der Waals surface area (Å²) in [7, 11) is 2.91. The Balaban J connectivity index is 1.77. The second-order valence-corrected chi connectivity index (χ2v) is 5.66. The predicted octanol–water partition coefficient (Wildman–Crippen LogP) is 2.62. The highest BCUT2D eigenvalue weighted by Crippen LogP contribution is 2.18. The van der Waals surface area contributed by atoms with Crippen molar-refractivity contribution in [2.75, 3.05) is 19.5 Å². The number of rotatable bonds is 5. The molecule has 0 aliphatic carbocycles. The number of nitrogens with one attached hydrogen (secondary N) is 1. The lowest BCUT2D eigenvalue weighted by Crippen LogP contribution is -2.14. The van der Waals surface area contributed by atoms with Crippen molar-refractivity contribution in [1.29, 1.82) is 0 Å². The molecule has 138 valence electrons. The summed E-state index contributed by atoms with van der Waals surface area (Å²) in [6.45, 7) is 1.76. The van der Waals surface area contributed by atoms with Crippen LogP contribution < -0.4 is 10.1 Å². The van der Waals surface area contributed by atoms with Gasteiger partial charge in [-0.25, -0.2) is 9.48 Å². The lowest BCUT2D eigenvalue weighted by atomic mass is 10.2. The zero-order valence-electron chi connectivity index (χ0n) is 15.1. The second kappa shape index (κ2) is 7.69. The SMILES string of the molecule is COC(=O)c1ccc(NC(=O)c2nnn(-c3ccc(OC)cc3)c2C)cc1. The van der Waals surface area contributed by atoms with Crippen LogP contribution in [0.4, 0.5) is 5.69 Å². The van der Waals surface area contributed by atoms with E-state index in [2.05, 4.69) is 20.4 Å². The van der Waals surface area contributed by atoms with E-state index in [0.717, 1.165) is 11.4 Å². The lowest BCUT2D eigenvalue weighted by molar-refractivity contribution is 0.0600. The van der Waals surface area contributed by atoms with Crippen LogP contribution in [0.5, 0.6) is 5.75 Å². The van der Waals surface area contributed by atoms with Crippen molar-refractivity contribution in [1.82, 2.24) is 15.0 Å². The molecule has 3 rings (SSSR count). The number of ether oxygens (including phenoxy) is 2. The normalized spacial score (nSPS) is 10.3. The molecule has 0 saturated heterocycles. The van der Waals surface area contributed by atoms with E-state index in [1.807, 2.05) is 12.1 Å². The van der Waals surface area contributed by atoms with E-state index < -0.39 is 11.9 Å². The molecule has 0 unspecified atom stereocenters. The number of nitrogens with zero attached hydrogens (tertiary/aromatic N) is 3. The van der Waals surface area contributed by atoms with Gasteiger partial charge < -0.3 is 14.8 Å². The molecule has 0 aliphatic heterocycles. The highest BCUT2D eigenvalue weighted by Gasteiger charge is 2.18. The number of anilines is 1. The van der Waals surface area contributed by atoms with Gasteiger partial charge in [0.15, 0.2) is 5.69 Å². The van der Waals surface area contributed by atoms with Gasteiger partial charge in [-0.15, -0.1) is 5.10 Å². The molecule has 0 radical (unpaired) electrons. The van der Waals surface area contributed by atoms with E-state index in [4.69, 9.17) is 4.74 Å². The first kappa shape index (κ1) is 18.1. The van der Waals surface area contributed by atoms with Crippen molar-refractivity contribution in [3.63, 3.8) is 0 Å². The average molecular weight is 366 g/mol. The number of benzene rings is 2. The van der Waals surface area contributed by atoms with Gasteiger partial charge in [0.2, 0.25) is 0 Å². The topological polar surface area (TPSA) is 95.3 Å². The Morgan fingerprint density at radius 3 is 2.26 bits per heavy atom. The van der Waals surface area contributed by atoms with Crippen molar-refractivity contribution in [3.05, 3.63) is 65.5 Å². The van der Waals surface area contributed by atoms with Gasteiger partial charge >= 0.3 is 5.97 Å². The van der Waals surface area contributed by atoms with Crippen LogP contribution >= 0.6 is 0 Å². The molecule has 1 amide bonds. The number of methoxy groups -OCH3 is 2. The molecule has 0 bridgehead atoms. The first-order valence-corrected chi connectivity index (χ1v) is 8.10. The van der Waals surface area contributed by atoms with Crippen LogP contribution in [0.3, 0.4) is 0 Å². The monoisotopic (exact) mass is 366 g/mol. The van der Waals surface area contributed by atoms with E-state index in [1.54, 1.807) is 55.1 Å². The van der Waals surface area contributed by atoms with Crippen LogP contribution in [0.25, 0.3) is 5.69 Å². The summed E-state index contributed by atoms with van der Waals surface area (Å²) in [5.41, 5.74) is 2.51. The largest absolute Gasteiger partial charge is 0.497 e. The van der Waals surface area contributed by atoms with E-state index >= 15 is 0 Å². The van der Waals surface area contributed by atoms with Gasteiger partial charge in [-0.3, -0.25) is 4.79 Å². The third-order valence-corrected chi connectivity index (χ3v) is 3.99. The van der Waals surface area contributed by atoms with E-state index in [1.165, 1.54) is 7.11 Å². The Labute approximate surface area is 155 Å². The van der Waals surface area contributed by atoms with E-state index in [9.17, 15) is 9.59 Å². The molecule has 8 heteroatoms. The van der Waals surface area contributed by atoms with Crippen LogP contribution in [0.2, 0.25) is 0 Å². The fourth-order valence-electron chi connectivity index (χ4n) is 2.51. The van der Waals surface area contributed by atoms with Crippen molar-refractivity contribution in [3.8, 4) is 11.4 Å². The summed E-state index contributed by atoms with van der Waals surface area (Å²) in [6, 6.07) is 13.6. The quantitative estimate of drug-likeness (QED) is 0.698. The van der Waals surface area contributed by atoms with Gasteiger partial charge in [-0.05, 0) is 55.5 Å². The molecule has 8 nitrogen and oxygen atoms in total. The molecule has 0 atom stereocenters. The first-order chi connectivity index (χ1) is 13.0. The lowest BCUT2D eigenvalue weighted by Gasteiger charge is -2.06. The summed E-state index contributed by atoms with van der Waals surface area (Å²) in [6.07, 6.45) is 0. The van der Waals surface area contributed by atoms with Crippen LogP contribution in [0.1, 0.15) is 26.5 Å². The zero-order chi connectivity index (χ0) is 19.4. The van der Waals surface area contributed by atoms with Crippen LogP contribution in [0.15, 0.2) is 48.5 Å². The fraction of sp³-hybridized carbons (Fsp3) is 0.158. The zero-order valence-corrected chi connectivity index (χ0v) is 15.1. The number of hydrogen-bond acceptors (Lipinski definition) is 6. The highest BCUT2D eigenvalue weighted by atomic mass is 16.5. The number of carbonyl (C=O) groups is 2. The smallest absolute Gasteiger partial charge is 0.337 e. The predicted molar refractivity (Wildman–Crippen MR) is 98.4 cm³/mol. The Morgan fingerprint density at radius 1 is 1.00 bits per heavy atom. The third kappa shape index (κ3) is 3.79. The molecule has 1 heterocycles. The first-order valence-electron chi connectivity index (χ1n) is 8.10. The minimum absolute atomic E-state index is 0.211. The molecule has 0 fully saturated rings. The van der Waals surface area contributed by atoms with Crippen LogP contribution in [-0.4, -0.2) is 41.1 Å². The van der Waals surface area contributed by atoms with Gasteiger partial charge in [-0.1, -0.05) is 5.21 Å². The minimum Gasteiger partial charge on any atom is -0.497 e. The van der Waals surface area contributed by atoms with Crippen molar-refractivity contribution < 1.29 is 19.1 Å². The van der Waals surface area contributed by atoms with Gasteiger partial charge in [0, 0.05) is 5.69 Å². The maximum atomic E-state index is 12.5. The molecule has 3 aromatic rings. The van der Waals surface area contributed by atoms with E-state index in [0.29, 0.717) is 16.9 Å². The average Bonchev–Trinajstić information content (AvgIpc) is 3.09. The Kier molecular flexibility index (Phi) is 5.16. The second-order valence-electron chi connectivity index (χ2n) is 5.66. The van der Waals surface area contributed by atoms with Crippen molar-refractivity contribution >= 4 is 17.6 Å². The standard InChI is InChI=1S/C19H18N4O4/c1-12-17(21-22-23(12)15-8-10-16(26-2)11-9-15)18(24)20-14-6-4-13(5-7-14)19(25)27-3/h4-11H,1-3H3,(H,20,24). The molecule has 1 N–H and O–H groups in total. The molecule has 1 aromatic heterocycles. The third-order valence-electron chi connectivity index (χ3n) is 3.99. The molecular weight excluding hydrogens is 348 g/mol. The maximum absolute atomic E-state index is 12.5. The van der Waals surface area contributed by atoms with Gasteiger partial charge in [0.25, 0.3) is 5.91 Å². The van der Waals surface area contributed by atoms with Crippen LogP contribution in [0, 0.1) is 6.92 Å². The number of aromatic nitrogens is 3. The Hall–Kier alpha value is -3.68. The van der Waals surface area contributed by atoms with Crippen LogP contribution in [-0.2, 0) is 4.74 Å². The fourth-order valence-corrected chi connectivity index (χ4v) is 2.51. The van der Waals surface area contributed by atoms with Crippen molar-refractivity contribution in [2.24, 2.45) is 0 Å². The number of carbonyl (C=O) groups excluding carboxylic acids is 2. The summed E-state index contributed by atoms with van der Waals surface area (Å²) in [5.74, 6) is -0.103. The van der Waals surface area contributed by atoms with Gasteiger partial charge in [0.1, 0.15) is 5.75 Å².